The molecule has 0 aliphatic carbocycles. The van der Waals surface area contributed by atoms with E-state index in [1.165, 1.54) is 0 Å². The first-order valence-corrected chi connectivity index (χ1v) is 8.59. The quantitative estimate of drug-likeness (QED) is 0.648. The maximum absolute atomic E-state index is 12.8. The summed E-state index contributed by atoms with van der Waals surface area (Å²) >= 11 is 0. The predicted octanol–water partition coefficient (Wildman–Crippen LogP) is 3.50. The number of amides is 2. The van der Waals surface area contributed by atoms with E-state index in [0.29, 0.717) is 22.6 Å². The number of nitrogens with one attached hydrogen (secondary N) is 2. The fourth-order valence-corrected chi connectivity index (χ4v) is 2.44. The summed E-state index contributed by atoms with van der Waals surface area (Å²) < 4.78 is 5.11. The van der Waals surface area contributed by atoms with Crippen LogP contribution in [0.3, 0.4) is 0 Å². The van der Waals surface area contributed by atoms with Crippen LogP contribution in [0.15, 0.2) is 84.8 Å². The summed E-state index contributed by atoms with van der Waals surface area (Å²) in [6, 6.07) is 19.2. The van der Waals surface area contributed by atoms with Gasteiger partial charge in [-0.1, -0.05) is 24.3 Å². The second kappa shape index (κ2) is 9.14. The number of rotatable bonds is 6. The van der Waals surface area contributed by atoms with E-state index in [9.17, 15) is 9.59 Å². The van der Waals surface area contributed by atoms with Crippen LogP contribution in [0.25, 0.3) is 6.08 Å². The van der Waals surface area contributed by atoms with Crippen molar-refractivity contribution in [3.05, 3.63) is 95.9 Å². The van der Waals surface area contributed by atoms with Crippen molar-refractivity contribution in [3.63, 3.8) is 0 Å². The van der Waals surface area contributed by atoms with E-state index in [2.05, 4.69) is 15.6 Å². The first-order valence-electron chi connectivity index (χ1n) is 8.59. The van der Waals surface area contributed by atoms with Gasteiger partial charge in [-0.15, -0.1) is 0 Å². The second-order valence-corrected chi connectivity index (χ2v) is 5.85. The number of nitrogens with zero attached hydrogens (tertiary/aromatic N) is 1. The van der Waals surface area contributed by atoms with Crippen LogP contribution < -0.4 is 15.4 Å². The molecule has 3 aromatic rings. The van der Waals surface area contributed by atoms with Crippen molar-refractivity contribution in [1.82, 2.24) is 10.3 Å². The number of carbonyl (C=O) groups excluding carboxylic acids is 2. The molecule has 0 aliphatic rings. The fraction of sp³-hybridized carbons (Fsp3) is 0.0455. The molecular weight excluding hydrogens is 354 g/mol. The van der Waals surface area contributed by atoms with E-state index in [-0.39, 0.29) is 11.6 Å². The molecule has 0 radical (unpaired) electrons. The number of benzene rings is 2. The molecule has 28 heavy (non-hydrogen) atoms. The minimum absolute atomic E-state index is 0.109. The summed E-state index contributed by atoms with van der Waals surface area (Å²) in [6.45, 7) is 0. The molecule has 6 nitrogen and oxygen atoms in total. The Labute approximate surface area is 162 Å². The van der Waals surface area contributed by atoms with Crippen LogP contribution in [0.5, 0.6) is 5.75 Å². The Balaban J connectivity index is 1.83. The number of ether oxygens (including phenoxy) is 1. The average molecular weight is 373 g/mol. The lowest BCUT2D eigenvalue weighted by molar-refractivity contribution is -0.113. The molecule has 0 saturated carbocycles. The molecule has 0 spiro atoms. The van der Waals surface area contributed by atoms with Crippen molar-refractivity contribution >= 4 is 23.6 Å². The Kier molecular flexibility index (Phi) is 6.15. The van der Waals surface area contributed by atoms with Crippen LogP contribution >= 0.6 is 0 Å². The molecule has 0 atom stereocenters. The van der Waals surface area contributed by atoms with Gasteiger partial charge in [-0.05, 0) is 54.1 Å². The molecule has 0 saturated heterocycles. The zero-order valence-corrected chi connectivity index (χ0v) is 15.3. The highest BCUT2D eigenvalue weighted by atomic mass is 16.5. The Hall–Kier alpha value is -3.93. The Morgan fingerprint density at radius 2 is 1.71 bits per heavy atom. The van der Waals surface area contributed by atoms with Crippen molar-refractivity contribution in [2.45, 2.75) is 0 Å². The number of aromatic nitrogens is 1. The van der Waals surface area contributed by atoms with Crippen molar-refractivity contribution in [2.75, 3.05) is 12.4 Å². The van der Waals surface area contributed by atoms with E-state index < -0.39 is 5.91 Å². The maximum Gasteiger partial charge on any atom is 0.272 e. The van der Waals surface area contributed by atoms with Gasteiger partial charge >= 0.3 is 0 Å². The highest BCUT2D eigenvalue weighted by Crippen LogP contribution is 2.16. The summed E-state index contributed by atoms with van der Waals surface area (Å²) in [5.74, 6) is -0.138. The van der Waals surface area contributed by atoms with Gasteiger partial charge in [0.25, 0.3) is 11.8 Å². The standard InChI is InChI=1S/C22H19N3O3/c1-28-19-11-9-18(10-12-19)24-22(27)20(14-16-6-5-13-23-15-16)25-21(26)17-7-3-2-4-8-17/h2-15H,1H3,(H,24,27)(H,25,26). The second-order valence-electron chi connectivity index (χ2n) is 5.85. The summed E-state index contributed by atoms with van der Waals surface area (Å²) in [6.07, 6.45) is 4.82. The third-order valence-corrected chi connectivity index (χ3v) is 3.87. The molecule has 0 fully saturated rings. The zero-order valence-electron chi connectivity index (χ0n) is 15.3. The number of hydrogen-bond acceptors (Lipinski definition) is 4. The number of carbonyl (C=O) groups is 2. The van der Waals surface area contributed by atoms with Gasteiger partial charge in [0, 0.05) is 23.6 Å². The number of methoxy groups -OCH3 is 1. The summed E-state index contributed by atoms with van der Waals surface area (Å²) in [7, 11) is 1.57. The SMILES string of the molecule is COc1ccc(NC(=O)C(=Cc2cccnc2)NC(=O)c2ccccc2)cc1. The van der Waals surface area contributed by atoms with Gasteiger partial charge < -0.3 is 15.4 Å². The predicted molar refractivity (Wildman–Crippen MR) is 108 cm³/mol. The van der Waals surface area contributed by atoms with E-state index >= 15 is 0 Å². The summed E-state index contributed by atoms with van der Waals surface area (Å²) in [5, 5.41) is 5.45. The van der Waals surface area contributed by atoms with Crippen LogP contribution in [0.4, 0.5) is 5.69 Å². The van der Waals surface area contributed by atoms with E-state index in [4.69, 9.17) is 4.74 Å². The van der Waals surface area contributed by atoms with E-state index in [0.717, 1.165) is 0 Å². The minimum Gasteiger partial charge on any atom is -0.497 e. The summed E-state index contributed by atoms with van der Waals surface area (Å²) in [5.41, 5.74) is 1.84. The van der Waals surface area contributed by atoms with Crippen molar-refractivity contribution in [1.29, 1.82) is 0 Å². The third-order valence-electron chi connectivity index (χ3n) is 3.87. The normalized spacial score (nSPS) is 10.8. The molecule has 140 valence electrons. The maximum atomic E-state index is 12.8. The molecule has 2 amide bonds. The van der Waals surface area contributed by atoms with Crippen LogP contribution in [-0.2, 0) is 4.79 Å². The first kappa shape index (κ1) is 18.8. The smallest absolute Gasteiger partial charge is 0.272 e. The van der Waals surface area contributed by atoms with E-state index in [1.807, 2.05) is 6.07 Å². The van der Waals surface area contributed by atoms with E-state index in [1.54, 1.807) is 86.2 Å². The van der Waals surface area contributed by atoms with Crippen molar-refractivity contribution in [2.24, 2.45) is 0 Å². The Morgan fingerprint density at radius 3 is 2.36 bits per heavy atom. The Bertz CT molecular complexity index is 969. The molecule has 0 unspecified atom stereocenters. The molecular formula is C22H19N3O3. The largest absolute Gasteiger partial charge is 0.497 e. The molecule has 3 rings (SSSR count). The fourth-order valence-electron chi connectivity index (χ4n) is 2.44. The van der Waals surface area contributed by atoms with Gasteiger partial charge in [-0.3, -0.25) is 14.6 Å². The average Bonchev–Trinajstić information content (AvgIpc) is 2.75. The molecule has 2 aromatic carbocycles. The number of hydrogen-bond donors (Lipinski definition) is 2. The van der Waals surface area contributed by atoms with Crippen molar-refractivity contribution in [3.8, 4) is 5.75 Å². The van der Waals surface area contributed by atoms with Gasteiger partial charge in [0.05, 0.1) is 7.11 Å². The molecule has 6 heteroatoms. The first-order chi connectivity index (χ1) is 13.7. The highest BCUT2D eigenvalue weighted by molar-refractivity contribution is 6.10. The number of anilines is 1. The monoisotopic (exact) mass is 373 g/mol. The molecule has 0 aliphatic heterocycles. The Morgan fingerprint density at radius 1 is 0.964 bits per heavy atom. The molecule has 0 bridgehead atoms. The zero-order chi connectivity index (χ0) is 19.8. The van der Waals surface area contributed by atoms with Crippen LogP contribution in [0.1, 0.15) is 15.9 Å². The minimum atomic E-state index is -0.446. The lowest BCUT2D eigenvalue weighted by atomic mass is 10.2. The molecule has 1 aromatic heterocycles. The number of pyridine rings is 1. The van der Waals surface area contributed by atoms with Crippen molar-refractivity contribution < 1.29 is 14.3 Å². The van der Waals surface area contributed by atoms with Gasteiger partial charge in [0.1, 0.15) is 11.4 Å². The topological polar surface area (TPSA) is 80.3 Å². The third kappa shape index (κ3) is 5.04. The molecule has 2 N–H and O–H groups in total. The summed E-state index contributed by atoms with van der Waals surface area (Å²) in [4.78, 5) is 29.3. The van der Waals surface area contributed by atoms with Crippen LogP contribution in [0, 0.1) is 0 Å². The highest BCUT2D eigenvalue weighted by Gasteiger charge is 2.15. The molecule has 1 heterocycles. The lowest BCUT2D eigenvalue weighted by Gasteiger charge is -2.11. The van der Waals surface area contributed by atoms with Crippen LogP contribution in [0.2, 0.25) is 0 Å². The lowest BCUT2D eigenvalue weighted by Crippen LogP contribution is -2.30. The van der Waals surface area contributed by atoms with Gasteiger partial charge in [0.15, 0.2) is 0 Å². The van der Waals surface area contributed by atoms with Crippen LogP contribution in [-0.4, -0.2) is 23.9 Å². The van der Waals surface area contributed by atoms with Gasteiger partial charge in [0.2, 0.25) is 0 Å². The van der Waals surface area contributed by atoms with Gasteiger partial charge in [-0.2, -0.15) is 0 Å². The van der Waals surface area contributed by atoms with Gasteiger partial charge in [-0.25, -0.2) is 0 Å².